The van der Waals surface area contributed by atoms with Gasteiger partial charge in [0, 0.05) is 26.3 Å². The maximum Gasteiger partial charge on any atom is 0.229 e. The fraction of sp³-hybridized carbons (Fsp3) is 0.250. The lowest BCUT2D eigenvalue weighted by Crippen LogP contribution is -2.25. The van der Waals surface area contributed by atoms with Crippen LogP contribution in [0.25, 0.3) is 0 Å². The van der Waals surface area contributed by atoms with E-state index in [1.165, 1.54) is 11.1 Å². The summed E-state index contributed by atoms with van der Waals surface area (Å²) in [7, 11) is 1.98. The zero-order valence-electron chi connectivity index (χ0n) is 17.6. The number of hydrogen-bond donors (Lipinski definition) is 1. The third-order valence-corrected chi connectivity index (χ3v) is 5.73. The van der Waals surface area contributed by atoms with E-state index in [9.17, 15) is 0 Å². The molecule has 0 atom stereocenters. The first-order chi connectivity index (χ1) is 15.1. The molecule has 3 aliphatic rings. The molecule has 2 aromatic rings. The second kappa shape index (κ2) is 7.89. The molecule has 7 nitrogen and oxygen atoms in total. The number of anilines is 4. The molecule has 1 N–H and O–H groups in total. The van der Waals surface area contributed by atoms with Crippen LogP contribution in [0.3, 0.4) is 0 Å². The fourth-order valence-corrected chi connectivity index (χ4v) is 4.03. The van der Waals surface area contributed by atoms with E-state index in [-0.39, 0.29) is 1.43 Å². The quantitative estimate of drug-likeness (QED) is 0.738. The molecule has 157 valence electrons. The first-order valence-electron chi connectivity index (χ1n) is 10.3. The normalized spacial score (nSPS) is 17.6. The SMILES string of the molecule is Cc1cc(C#N)ccc1Nc1ncc2c(n1)N(C1=CC3=C([CH]1)CC=CC3)COCN2C.[HH]. The third kappa shape index (κ3) is 3.66. The molecule has 0 bridgehead atoms. The zero-order chi connectivity index (χ0) is 21.4. The monoisotopic (exact) mass is 413 g/mol. The first kappa shape index (κ1) is 19.3. The molecule has 0 saturated carbocycles. The van der Waals surface area contributed by atoms with Crippen molar-refractivity contribution >= 4 is 23.1 Å². The van der Waals surface area contributed by atoms with Crippen LogP contribution < -0.4 is 15.1 Å². The van der Waals surface area contributed by atoms with Gasteiger partial charge in [-0.15, -0.1) is 0 Å². The number of nitrogens with zero attached hydrogens (tertiary/aromatic N) is 5. The van der Waals surface area contributed by atoms with Crippen molar-refractivity contribution < 1.29 is 6.16 Å². The van der Waals surface area contributed by atoms with E-state index < -0.39 is 0 Å². The predicted octanol–water partition coefficient (Wildman–Crippen LogP) is 4.58. The second-order valence-corrected chi connectivity index (χ2v) is 7.90. The highest BCUT2D eigenvalue weighted by molar-refractivity contribution is 5.73. The molecule has 31 heavy (non-hydrogen) atoms. The van der Waals surface area contributed by atoms with E-state index in [0.29, 0.717) is 25.0 Å². The van der Waals surface area contributed by atoms with E-state index in [0.717, 1.165) is 41.3 Å². The Morgan fingerprint density at radius 1 is 1.19 bits per heavy atom. The molecule has 1 aliphatic heterocycles. The Labute approximate surface area is 183 Å². The number of benzene rings is 1. The van der Waals surface area contributed by atoms with Crippen molar-refractivity contribution in [1.82, 2.24) is 9.97 Å². The number of aromatic nitrogens is 2. The minimum atomic E-state index is 0. The zero-order valence-corrected chi connectivity index (χ0v) is 17.6. The van der Waals surface area contributed by atoms with Crippen molar-refractivity contribution in [2.75, 3.05) is 35.6 Å². The number of aryl methyl sites for hydroxylation is 1. The average Bonchev–Trinajstić information content (AvgIpc) is 3.14. The number of nitrogens with one attached hydrogen (secondary N) is 1. The number of rotatable bonds is 3. The Morgan fingerprint density at radius 2 is 2.03 bits per heavy atom. The average molecular weight is 414 g/mol. The summed E-state index contributed by atoms with van der Waals surface area (Å²) in [5.74, 6) is 1.31. The van der Waals surface area contributed by atoms with Crippen LogP contribution in [0.2, 0.25) is 0 Å². The van der Waals surface area contributed by atoms with E-state index in [2.05, 4.69) is 45.9 Å². The summed E-state index contributed by atoms with van der Waals surface area (Å²) in [5.41, 5.74) is 7.19. The predicted molar refractivity (Wildman–Crippen MR) is 123 cm³/mol. The lowest BCUT2D eigenvalue weighted by Gasteiger charge is -2.25. The van der Waals surface area contributed by atoms with Gasteiger partial charge in [0.25, 0.3) is 0 Å². The van der Waals surface area contributed by atoms with Crippen LogP contribution in [-0.4, -0.2) is 30.5 Å². The lowest BCUT2D eigenvalue weighted by atomic mass is 10.00. The van der Waals surface area contributed by atoms with Crippen LogP contribution in [-0.2, 0) is 4.74 Å². The number of hydrogen-bond acceptors (Lipinski definition) is 7. The summed E-state index contributed by atoms with van der Waals surface area (Å²) in [6.07, 6.45) is 12.7. The summed E-state index contributed by atoms with van der Waals surface area (Å²) in [6.45, 7) is 2.85. The van der Waals surface area contributed by atoms with Gasteiger partial charge in [0.1, 0.15) is 19.1 Å². The van der Waals surface area contributed by atoms with Gasteiger partial charge in [0.05, 0.1) is 17.8 Å². The van der Waals surface area contributed by atoms with E-state index in [1.807, 2.05) is 37.2 Å². The van der Waals surface area contributed by atoms with E-state index >= 15 is 0 Å². The van der Waals surface area contributed by atoms with Crippen LogP contribution in [0.15, 0.2) is 59.5 Å². The molecule has 1 aromatic heterocycles. The highest BCUT2D eigenvalue weighted by atomic mass is 16.5. The highest BCUT2D eigenvalue weighted by Gasteiger charge is 2.28. The minimum Gasteiger partial charge on any atom is -0.347 e. The van der Waals surface area contributed by atoms with Crippen molar-refractivity contribution in [3.05, 3.63) is 77.0 Å². The number of ether oxygens (including phenoxy) is 1. The van der Waals surface area contributed by atoms with Crippen molar-refractivity contribution in [2.45, 2.75) is 19.8 Å². The van der Waals surface area contributed by atoms with Crippen molar-refractivity contribution in [2.24, 2.45) is 0 Å². The van der Waals surface area contributed by atoms with E-state index in [1.54, 1.807) is 6.07 Å². The molecule has 0 fully saturated rings. The molecule has 0 saturated heterocycles. The second-order valence-electron chi connectivity index (χ2n) is 7.90. The standard InChI is InChI=1S/C24H23N6O.H2/c1-16-9-17(12-25)7-8-21(16)27-24-26-13-22-23(28-24)30(15-31-14-29(22)2)20-10-18-5-3-4-6-19(18)11-20;/h3-4,7-11,13H,5-6,14-15H2,1-2H3,(H,26,27,28);1H. The summed E-state index contributed by atoms with van der Waals surface area (Å²) >= 11 is 0. The first-order valence-corrected chi connectivity index (χ1v) is 10.3. The maximum absolute atomic E-state index is 9.10. The number of nitriles is 1. The lowest BCUT2D eigenvalue weighted by molar-refractivity contribution is 0.146. The highest BCUT2D eigenvalue weighted by Crippen LogP contribution is 2.39. The fourth-order valence-electron chi connectivity index (χ4n) is 4.03. The molecule has 2 aliphatic carbocycles. The molecular weight excluding hydrogens is 388 g/mol. The summed E-state index contributed by atoms with van der Waals surface area (Å²) in [6, 6.07) is 7.69. The van der Waals surface area contributed by atoms with Gasteiger partial charge in [-0.25, -0.2) is 4.98 Å². The molecule has 7 heteroatoms. The summed E-state index contributed by atoms with van der Waals surface area (Å²) < 4.78 is 5.91. The number of fused-ring (bicyclic) bond motifs is 1. The maximum atomic E-state index is 9.10. The van der Waals surface area contributed by atoms with Crippen molar-refractivity contribution in [3.63, 3.8) is 0 Å². The van der Waals surface area contributed by atoms with Gasteiger partial charge in [-0.3, -0.25) is 0 Å². The molecule has 2 heterocycles. The summed E-state index contributed by atoms with van der Waals surface area (Å²) in [5, 5.41) is 12.4. The van der Waals surface area contributed by atoms with Gasteiger partial charge in [-0.05, 0) is 55.2 Å². The van der Waals surface area contributed by atoms with Crippen molar-refractivity contribution in [1.29, 1.82) is 5.26 Å². The van der Waals surface area contributed by atoms with Gasteiger partial charge in [0.2, 0.25) is 5.95 Å². The van der Waals surface area contributed by atoms with Crippen LogP contribution in [0, 0.1) is 24.7 Å². The Hall–Kier alpha value is -3.63. The van der Waals surface area contributed by atoms with Crippen molar-refractivity contribution in [3.8, 4) is 6.07 Å². The van der Waals surface area contributed by atoms with Crippen LogP contribution >= 0.6 is 0 Å². The van der Waals surface area contributed by atoms with Gasteiger partial charge in [-0.1, -0.05) is 17.7 Å². The van der Waals surface area contributed by atoms with Crippen LogP contribution in [0.1, 0.15) is 25.4 Å². The molecule has 0 amide bonds. The molecule has 5 rings (SSSR count). The molecule has 0 unspecified atom stereocenters. The summed E-state index contributed by atoms with van der Waals surface area (Å²) in [4.78, 5) is 13.5. The van der Waals surface area contributed by atoms with Crippen LogP contribution in [0.5, 0.6) is 0 Å². The molecular formula is C24H25N6O. The van der Waals surface area contributed by atoms with Gasteiger partial charge in [0.15, 0.2) is 5.82 Å². The Kier molecular flexibility index (Phi) is 4.92. The van der Waals surface area contributed by atoms with Gasteiger partial charge < -0.3 is 19.9 Å². The Morgan fingerprint density at radius 3 is 2.81 bits per heavy atom. The smallest absolute Gasteiger partial charge is 0.229 e. The van der Waals surface area contributed by atoms with Crippen LogP contribution in [0.4, 0.5) is 23.1 Å². The van der Waals surface area contributed by atoms with Gasteiger partial charge >= 0.3 is 0 Å². The Bertz CT molecular complexity index is 1180. The molecule has 1 radical (unpaired) electrons. The third-order valence-electron chi connectivity index (χ3n) is 5.73. The Balaban J connectivity index is 0.00000245. The topological polar surface area (TPSA) is 77.3 Å². The number of allylic oxidation sites excluding steroid dienone is 5. The van der Waals surface area contributed by atoms with E-state index in [4.69, 9.17) is 15.0 Å². The molecule has 1 aromatic carbocycles. The minimum absolute atomic E-state index is 0. The van der Waals surface area contributed by atoms with Gasteiger partial charge in [-0.2, -0.15) is 10.2 Å². The molecule has 0 spiro atoms. The largest absolute Gasteiger partial charge is 0.347 e.